The van der Waals surface area contributed by atoms with Crippen LogP contribution in [0.1, 0.15) is 27.9 Å². The van der Waals surface area contributed by atoms with Crippen molar-refractivity contribution in [2.24, 2.45) is 0 Å². The Bertz CT molecular complexity index is 1240. The monoisotopic (exact) mass is 382 g/mol. The van der Waals surface area contributed by atoms with Gasteiger partial charge in [-0.25, -0.2) is 13.2 Å². The summed E-state index contributed by atoms with van der Waals surface area (Å²) in [6, 6.07) is 9.26. The van der Waals surface area contributed by atoms with Crippen LogP contribution in [0.4, 0.5) is 19.0 Å². The lowest BCUT2D eigenvalue weighted by atomic mass is 9.95. The molecule has 1 aliphatic heterocycles. The summed E-state index contributed by atoms with van der Waals surface area (Å²) in [6.07, 6.45) is 0.602. The number of ketones is 1. The molecule has 28 heavy (non-hydrogen) atoms. The van der Waals surface area contributed by atoms with Gasteiger partial charge in [0, 0.05) is 24.0 Å². The number of hydrogen-bond acceptors (Lipinski definition) is 4. The Kier molecular flexibility index (Phi) is 4.15. The van der Waals surface area contributed by atoms with Crippen LogP contribution in [0.25, 0.3) is 10.8 Å². The maximum atomic E-state index is 14.9. The number of hydrogen-bond donors (Lipinski definition) is 2. The van der Waals surface area contributed by atoms with E-state index in [1.54, 1.807) is 18.2 Å². The van der Waals surface area contributed by atoms with Crippen molar-refractivity contribution in [3.8, 4) is 6.07 Å². The van der Waals surface area contributed by atoms with E-state index in [4.69, 9.17) is 10.7 Å². The van der Waals surface area contributed by atoms with Crippen molar-refractivity contribution in [3.05, 3.63) is 70.0 Å². The molecular formula is C20H13F3N4O. The summed E-state index contributed by atoms with van der Waals surface area (Å²) >= 11 is 0. The smallest absolute Gasteiger partial charge is 0.197 e. The summed E-state index contributed by atoms with van der Waals surface area (Å²) in [5.74, 6) is -5.03. The van der Waals surface area contributed by atoms with E-state index in [1.807, 2.05) is 0 Å². The number of nitrogens with one attached hydrogen (secondary N) is 2. The quantitative estimate of drug-likeness (QED) is 0.526. The molecule has 2 N–H and O–H groups in total. The Morgan fingerprint density at radius 3 is 2.50 bits per heavy atom. The molecule has 8 heteroatoms. The normalized spacial score (nSPS) is 12.9. The van der Waals surface area contributed by atoms with Gasteiger partial charge in [-0.3, -0.25) is 10.2 Å². The van der Waals surface area contributed by atoms with Crippen LogP contribution >= 0.6 is 0 Å². The van der Waals surface area contributed by atoms with Gasteiger partial charge in [-0.15, -0.1) is 0 Å². The fourth-order valence-corrected chi connectivity index (χ4v) is 3.52. The molecule has 0 fully saturated rings. The summed E-state index contributed by atoms with van der Waals surface area (Å²) in [4.78, 5) is 13.2. The number of rotatable bonds is 2. The van der Waals surface area contributed by atoms with Crippen molar-refractivity contribution in [3.63, 3.8) is 0 Å². The van der Waals surface area contributed by atoms with Crippen LogP contribution in [-0.2, 0) is 6.54 Å². The second kappa shape index (κ2) is 6.53. The molecule has 0 radical (unpaired) electrons. The molecule has 0 saturated heterocycles. The number of nitriles is 1. The van der Waals surface area contributed by atoms with Gasteiger partial charge < -0.3 is 9.88 Å². The minimum atomic E-state index is -1.67. The Morgan fingerprint density at radius 1 is 1.11 bits per heavy atom. The highest BCUT2D eigenvalue weighted by Gasteiger charge is 2.31. The zero-order valence-electron chi connectivity index (χ0n) is 14.4. The molecule has 0 bridgehead atoms. The summed E-state index contributed by atoms with van der Waals surface area (Å²) in [7, 11) is 0. The first kappa shape index (κ1) is 17.8. The van der Waals surface area contributed by atoms with E-state index in [-0.39, 0.29) is 16.9 Å². The zero-order valence-corrected chi connectivity index (χ0v) is 14.4. The van der Waals surface area contributed by atoms with Crippen LogP contribution < -0.4 is 10.8 Å². The number of carbonyl (C=O) groups is 1. The molecule has 140 valence electrons. The lowest BCUT2D eigenvalue weighted by Crippen LogP contribution is -2.32. The molecule has 1 aromatic heterocycles. The minimum absolute atomic E-state index is 0.139. The number of carbonyl (C=O) groups excluding carboxylic acids is 1. The first-order chi connectivity index (χ1) is 13.5. The maximum absolute atomic E-state index is 14.9. The molecule has 0 unspecified atom stereocenters. The van der Waals surface area contributed by atoms with Crippen LogP contribution in [0.3, 0.4) is 0 Å². The Hall–Kier alpha value is -3.60. The van der Waals surface area contributed by atoms with Gasteiger partial charge >= 0.3 is 0 Å². The second-order valence-corrected chi connectivity index (χ2v) is 6.38. The summed E-state index contributed by atoms with van der Waals surface area (Å²) in [6.45, 7) is 0.759. The van der Waals surface area contributed by atoms with Crippen LogP contribution in [0.2, 0.25) is 0 Å². The highest BCUT2D eigenvalue weighted by atomic mass is 19.2. The third-order valence-corrected chi connectivity index (χ3v) is 4.81. The molecule has 5 nitrogen and oxygen atoms in total. The van der Waals surface area contributed by atoms with Gasteiger partial charge in [0.25, 0.3) is 0 Å². The van der Waals surface area contributed by atoms with Gasteiger partial charge in [-0.05, 0) is 6.42 Å². The van der Waals surface area contributed by atoms with Crippen molar-refractivity contribution in [2.75, 3.05) is 11.9 Å². The SMILES string of the molecule is N#Cc1c(F)c(F)c2c(C(=O)c3ccccc3)c3n(c(=N)c2c1F)CCCN3. The van der Waals surface area contributed by atoms with Crippen LogP contribution in [-0.4, -0.2) is 16.9 Å². The molecule has 2 heterocycles. The van der Waals surface area contributed by atoms with E-state index in [0.29, 0.717) is 19.5 Å². The average molecular weight is 382 g/mol. The highest BCUT2D eigenvalue weighted by Crippen LogP contribution is 2.34. The van der Waals surface area contributed by atoms with Crippen molar-refractivity contribution in [1.29, 1.82) is 10.7 Å². The molecule has 0 aliphatic carbocycles. The van der Waals surface area contributed by atoms with Crippen molar-refractivity contribution >= 4 is 22.4 Å². The molecule has 2 aromatic carbocycles. The van der Waals surface area contributed by atoms with E-state index in [2.05, 4.69) is 5.32 Å². The Balaban J connectivity index is 2.23. The number of aromatic nitrogens is 1. The maximum Gasteiger partial charge on any atom is 0.197 e. The Labute approximate surface area is 157 Å². The minimum Gasteiger partial charge on any atom is -0.371 e. The predicted octanol–water partition coefficient (Wildman–Crippen LogP) is 3.46. The zero-order chi connectivity index (χ0) is 20.0. The molecule has 4 rings (SSSR count). The number of halogens is 3. The van der Waals surface area contributed by atoms with Gasteiger partial charge in [0.05, 0.1) is 10.9 Å². The predicted molar refractivity (Wildman–Crippen MR) is 95.4 cm³/mol. The first-order valence-electron chi connectivity index (χ1n) is 8.52. The van der Waals surface area contributed by atoms with Crippen LogP contribution in [0.5, 0.6) is 0 Å². The molecule has 3 aromatic rings. The van der Waals surface area contributed by atoms with Gasteiger partial charge in [0.15, 0.2) is 23.2 Å². The van der Waals surface area contributed by atoms with E-state index in [0.717, 1.165) is 0 Å². The van der Waals surface area contributed by atoms with Crippen molar-refractivity contribution in [2.45, 2.75) is 13.0 Å². The van der Waals surface area contributed by atoms with Crippen molar-refractivity contribution in [1.82, 2.24) is 4.57 Å². The fraction of sp³-hybridized carbons (Fsp3) is 0.150. The number of benzene rings is 2. The van der Waals surface area contributed by atoms with Gasteiger partial charge in [0.2, 0.25) is 0 Å². The summed E-state index contributed by atoms with van der Waals surface area (Å²) in [5.41, 5.74) is -1.58. The largest absolute Gasteiger partial charge is 0.371 e. The molecule has 1 aliphatic rings. The highest BCUT2D eigenvalue weighted by molar-refractivity contribution is 6.19. The lowest BCUT2D eigenvalue weighted by Gasteiger charge is -2.25. The van der Waals surface area contributed by atoms with Crippen LogP contribution in [0.15, 0.2) is 30.3 Å². The second-order valence-electron chi connectivity index (χ2n) is 6.38. The first-order valence-corrected chi connectivity index (χ1v) is 8.52. The van der Waals surface area contributed by atoms with Gasteiger partial charge in [0.1, 0.15) is 22.9 Å². The number of anilines is 1. The van der Waals surface area contributed by atoms with Gasteiger partial charge in [-0.1, -0.05) is 30.3 Å². The number of fused-ring (bicyclic) bond motifs is 2. The molecule has 0 spiro atoms. The van der Waals surface area contributed by atoms with Gasteiger partial charge in [-0.2, -0.15) is 5.26 Å². The average Bonchev–Trinajstić information content (AvgIpc) is 2.72. The van der Waals surface area contributed by atoms with E-state index >= 15 is 0 Å². The molecule has 0 amide bonds. The lowest BCUT2D eigenvalue weighted by molar-refractivity contribution is 0.104. The summed E-state index contributed by atoms with van der Waals surface area (Å²) in [5, 5.41) is 19.1. The fourth-order valence-electron chi connectivity index (χ4n) is 3.52. The van der Waals surface area contributed by atoms with E-state index in [9.17, 15) is 18.0 Å². The Morgan fingerprint density at radius 2 is 1.82 bits per heavy atom. The van der Waals surface area contributed by atoms with Crippen molar-refractivity contribution < 1.29 is 18.0 Å². The third kappa shape index (κ3) is 2.40. The standard InChI is InChI=1S/C20H13F3N4O/c21-15-11(9-24)16(22)17(23)12-13(15)19(25)27-8-4-7-26-20(27)14(12)18(28)10-5-2-1-3-6-10/h1-3,5-6,25-26H,4,7-8H2. The van der Waals surface area contributed by atoms with E-state index < -0.39 is 45.1 Å². The van der Waals surface area contributed by atoms with E-state index in [1.165, 1.54) is 22.8 Å². The number of nitrogens with zero attached hydrogens (tertiary/aromatic N) is 2. The topological polar surface area (TPSA) is 81.7 Å². The van der Waals surface area contributed by atoms with Crippen LogP contribution in [0, 0.1) is 34.2 Å². The number of pyridine rings is 1. The molecular weight excluding hydrogens is 369 g/mol. The summed E-state index contributed by atoms with van der Waals surface area (Å²) < 4.78 is 45.6. The molecule has 0 atom stereocenters. The third-order valence-electron chi connectivity index (χ3n) is 4.81. The molecule has 0 saturated carbocycles.